The predicted molar refractivity (Wildman–Crippen MR) is 134 cm³/mol. The fourth-order valence-electron chi connectivity index (χ4n) is 4.34. The van der Waals surface area contributed by atoms with Crippen LogP contribution in [0.2, 0.25) is 0 Å². The van der Waals surface area contributed by atoms with Crippen molar-refractivity contribution in [2.24, 2.45) is 0 Å². The smallest absolute Gasteiger partial charge is 0.0931 e. The zero-order valence-electron chi connectivity index (χ0n) is 18.8. The van der Waals surface area contributed by atoms with Crippen LogP contribution in [0.15, 0.2) is 134 Å². The second-order valence-corrected chi connectivity index (χ2v) is 8.44. The van der Waals surface area contributed by atoms with Crippen molar-refractivity contribution in [2.75, 3.05) is 0 Å². The minimum Gasteiger partial charge on any atom is -0.359 e. The van der Waals surface area contributed by atoms with Crippen molar-refractivity contribution >= 4 is 0 Å². The summed E-state index contributed by atoms with van der Waals surface area (Å²) in [5, 5.41) is 7.43. The summed E-state index contributed by atoms with van der Waals surface area (Å²) in [6, 6.07) is 42.0. The van der Waals surface area contributed by atoms with Crippen molar-refractivity contribution < 1.29 is 0 Å². The third-order valence-electron chi connectivity index (χ3n) is 6.21. The van der Waals surface area contributed by atoms with Crippen molar-refractivity contribution in [2.45, 2.75) is 24.9 Å². The fourth-order valence-corrected chi connectivity index (χ4v) is 4.34. The molecule has 0 atom stereocenters. The molecule has 0 aliphatic rings. The van der Waals surface area contributed by atoms with Crippen LogP contribution in [-0.4, -0.2) is 0 Å². The van der Waals surface area contributed by atoms with Gasteiger partial charge in [-0.2, -0.15) is 0 Å². The first-order valence-electron chi connectivity index (χ1n) is 11.0. The third kappa shape index (κ3) is 4.31. The fraction of sp³-hybridized carbons (Fsp3) is 0.133. The lowest BCUT2D eigenvalue weighted by Crippen LogP contribution is -2.49. The van der Waals surface area contributed by atoms with Gasteiger partial charge in [-0.3, -0.25) is 0 Å². The molecule has 0 saturated carbocycles. The molecule has 4 rings (SSSR count). The normalized spacial score (nSPS) is 11.6. The molecule has 0 radical (unpaired) electrons. The summed E-state index contributed by atoms with van der Waals surface area (Å²) in [7, 11) is 0. The van der Waals surface area contributed by atoms with Gasteiger partial charge in [-0.05, 0) is 36.1 Å². The molecule has 2 heteroatoms. The van der Waals surface area contributed by atoms with Crippen LogP contribution in [-0.2, 0) is 11.1 Å². The number of benzene rings is 4. The first-order valence-corrected chi connectivity index (χ1v) is 11.0. The van der Waals surface area contributed by atoms with Crippen molar-refractivity contribution in [1.82, 2.24) is 10.6 Å². The van der Waals surface area contributed by atoms with E-state index in [-0.39, 0.29) is 0 Å². The second kappa shape index (κ2) is 9.15. The molecule has 0 spiro atoms. The van der Waals surface area contributed by atoms with Crippen LogP contribution < -0.4 is 10.6 Å². The standard InChI is InChI=1S/C30H30N2/c1-24(31-29(2,25-16-8-4-9-17-25)26-18-10-5-11-19-26)32-30(3,27-20-12-6-13-21-27)28-22-14-7-15-23-28/h4-23,31-32H,1H2,2-3H3. The first-order chi connectivity index (χ1) is 15.5. The van der Waals surface area contributed by atoms with Crippen molar-refractivity contribution in [3.05, 3.63) is 156 Å². The van der Waals surface area contributed by atoms with Crippen LogP contribution >= 0.6 is 0 Å². The van der Waals surface area contributed by atoms with E-state index in [4.69, 9.17) is 0 Å². The van der Waals surface area contributed by atoms with Crippen molar-refractivity contribution in [3.8, 4) is 0 Å². The summed E-state index contributed by atoms with van der Waals surface area (Å²) >= 11 is 0. The molecule has 32 heavy (non-hydrogen) atoms. The van der Waals surface area contributed by atoms with Gasteiger partial charge in [0.05, 0.1) is 16.9 Å². The van der Waals surface area contributed by atoms with E-state index in [2.05, 4.69) is 128 Å². The highest BCUT2D eigenvalue weighted by molar-refractivity contribution is 5.41. The van der Waals surface area contributed by atoms with Gasteiger partial charge in [0, 0.05) is 0 Å². The van der Waals surface area contributed by atoms with E-state index in [1.54, 1.807) is 0 Å². The van der Waals surface area contributed by atoms with E-state index < -0.39 is 11.1 Å². The average molecular weight is 419 g/mol. The van der Waals surface area contributed by atoms with Gasteiger partial charge in [0.15, 0.2) is 0 Å². The summed E-state index contributed by atoms with van der Waals surface area (Å²) < 4.78 is 0. The van der Waals surface area contributed by atoms with Crippen LogP contribution in [0.25, 0.3) is 0 Å². The zero-order chi connectivity index (χ0) is 22.4. The number of hydrogen-bond acceptors (Lipinski definition) is 2. The molecule has 2 N–H and O–H groups in total. The molecule has 0 fully saturated rings. The van der Waals surface area contributed by atoms with Gasteiger partial charge < -0.3 is 10.6 Å². The lowest BCUT2D eigenvalue weighted by Gasteiger charge is -2.39. The molecule has 0 aliphatic carbocycles. The van der Waals surface area contributed by atoms with Crippen LogP contribution in [0.3, 0.4) is 0 Å². The molecule has 0 aliphatic heterocycles. The Morgan fingerprint density at radius 2 is 0.688 bits per heavy atom. The van der Waals surface area contributed by atoms with E-state index in [1.807, 2.05) is 24.3 Å². The van der Waals surface area contributed by atoms with Gasteiger partial charge in [-0.25, -0.2) is 0 Å². The number of hydrogen-bond donors (Lipinski definition) is 2. The molecule has 2 nitrogen and oxygen atoms in total. The van der Waals surface area contributed by atoms with Gasteiger partial charge in [-0.1, -0.05) is 128 Å². The second-order valence-electron chi connectivity index (χ2n) is 8.44. The Labute approximate surface area is 191 Å². The van der Waals surface area contributed by atoms with Gasteiger partial charge in [0.1, 0.15) is 0 Å². The quantitative estimate of drug-likeness (QED) is 0.338. The lowest BCUT2D eigenvalue weighted by atomic mass is 9.83. The van der Waals surface area contributed by atoms with Crippen LogP contribution in [0.5, 0.6) is 0 Å². The summed E-state index contributed by atoms with van der Waals surface area (Å²) in [5.74, 6) is 0.760. The highest BCUT2D eigenvalue weighted by Crippen LogP contribution is 2.33. The zero-order valence-corrected chi connectivity index (χ0v) is 18.8. The Balaban J connectivity index is 1.70. The Morgan fingerprint density at radius 3 is 0.906 bits per heavy atom. The minimum absolute atomic E-state index is 0.444. The molecule has 0 bridgehead atoms. The molecular weight excluding hydrogens is 388 g/mol. The molecule has 4 aromatic carbocycles. The minimum atomic E-state index is -0.444. The third-order valence-corrected chi connectivity index (χ3v) is 6.21. The number of rotatable bonds is 8. The molecule has 0 amide bonds. The van der Waals surface area contributed by atoms with Gasteiger partial charge >= 0.3 is 0 Å². The summed E-state index contributed by atoms with van der Waals surface area (Å²) in [4.78, 5) is 0. The Kier molecular flexibility index (Phi) is 6.13. The molecule has 0 saturated heterocycles. The Bertz CT molecular complexity index is 965. The largest absolute Gasteiger partial charge is 0.359 e. The maximum Gasteiger partial charge on any atom is 0.0931 e. The van der Waals surface area contributed by atoms with Crippen LogP contribution in [0, 0.1) is 0 Å². The first kappa shape index (κ1) is 21.5. The molecule has 0 unspecified atom stereocenters. The average Bonchev–Trinajstić information content (AvgIpc) is 2.86. The van der Waals surface area contributed by atoms with Gasteiger partial charge in [0.25, 0.3) is 0 Å². The maximum absolute atomic E-state index is 4.40. The molecule has 0 aromatic heterocycles. The van der Waals surface area contributed by atoms with Crippen molar-refractivity contribution in [3.63, 3.8) is 0 Å². The molecule has 160 valence electrons. The lowest BCUT2D eigenvalue weighted by molar-refractivity contribution is 0.410. The van der Waals surface area contributed by atoms with E-state index in [0.29, 0.717) is 0 Å². The molecular formula is C30H30N2. The van der Waals surface area contributed by atoms with Crippen molar-refractivity contribution in [1.29, 1.82) is 0 Å². The van der Waals surface area contributed by atoms with E-state index in [9.17, 15) is 0 Å². The van der Waals surface area contributed by atoms with E-state index in [1.165, 1.54) is 22.3 Å². The molecule has 0 heterocycles. The topological polar surface area (TPSA) is 24.1 Å². The van der Waals surface area contributed by atoms with E-state index >= 15 is 0 Å². The summed E-state index contributed by atoms with van der Waals surface area (Å²) in [5.41, 5.74) is 3.82. The highest BCUT2D eigenvalue weighted by atomic mass is 15.2. The Hall–Kier alpha value is -3.78. The highest BCUT2D eigenvalue weighted by Gasteiger charge is 2.33. The van der Waals surface area contributed by atoms with Gasteiger partial charge in [0.2, 0.25) is 0 Å². The monoisotopic (exact) mass is 418 g/mol. The van der Waals surface area contributed by atoms with E-state index in [0.717, 1.165) is 5.82 Å². The summed E-state index contributed by atoms with van der Waals surface area (Å²) in [6.07, 6.45) is 0. The Morgan fingerprint density at radius 1 is 0.469 bits per heavy atom. The van der Waals surface area contributed by atoms with Crippen LogP contribution in [0.4, 0.5) is 0 Å². The SMILES string of the molecule is C=C(NC(C)(c1ccccc1)c1ccccc1)NC(C)(c1ccccc1)c1ccccc1. The summed E-state index contributed by atoms with van der Waals surface area (Å²) in [6.45, 7) is 8.81. The van der Waals surface area contributed by atoms with Crippen LogP contribution in [0.1, 0.15) is 36.1 Å². The van der Waals surface area contributed by atoms with Gasteiger partial charge in [-0.15, -0.1) is 0 Å². The predicted octanol–water partition coefficient (Wildman–Crippen LogP) is 6.56. The maximum atomic E-state index is 4.40. The molecule has 4 aromatic rings. The number of nitrogens with one attached hydrogen (secondary N) is 2.